The zero-order valence-corrected chi connectivity index (χ0v) is 18.0. The van der Waals surface area contributed by atoms with Crippen LogP contribution >= 0.6 is 15.9 Å². The predicted molar refractivity (Wildman–Crippen MR) is 116 cm³/mol. The fourth-order valence-corrected chi connectivity index (χ4v) is 3.91. The number of hydrogen-bond acceptors (Lipinski definition) is 4. The zero-order chi connectivity index (χ0) is 20.5. The van der Waals surface area contributed by atoms with Gasteiger partial charge in [0.25, 0.3) is 5.91 Å². The molecule has 0 aliphatic carbocycles. The Kier molecular flexibility index (Phi) is 5.50. The van der Waals surface area contributed by atoms with Crippen molar-refractivity contribution in [3.63, 3.8) is 0 Å². The largest absolute Gasteiger partial charge is 0.352 e. The van der Waals surface area contributed by atoms with Crippen molar-refractivity contribution < 1.29 is 9.18 Å². The second kappa shape index (κ2) is 8.06. The van der Waals surface area contributed by atoms with Gasteiger partial charge in [-0.2, -0.15) is 0 Å². The minimum Gasteiger partial charge on any atom is -0.352 e. The summed E-state index contributed by atoms with van der Waals surface area (Å²) in [5.74, 6) is 0.122. The van der Waals surface area contributed by atoms with Crippen LogP contribution in [-0.4, -0.2) is 33.9 Å². The van der Waals surface area contributed by atoms with Gasteiger partial charge in [-0.05, 0) is 56.0 Å². The van der Waals surface area contributed by atoms with Crippen LogP contribution in [0.1, 0.15) is 35.8 Å². The van der Waals surface area contributed by atoms with Crippen molar-refractivity contribution in [2.24, 2.45) is 5.92 Å². The molecule has 1 aliphatic rings. The van der Waals surface area contributed by atoms with Gasteiger partial charge in [0.05, 0.1) is 16.9 Å². The molecule has 1 aliphatic heterocycles. The van der Waals surface area contributed by atoms with Gasteiger partial charge in [0.2, 0.25) is 0 Å². The third kappa shape index (κ3) is 4.10. The van der Waals surface area contributed by atoms with E-state index in [1.807, 2.05) is 24.0 Å². The number of fused-ring (bicyclic) bond motifs is 1. The van der Waals surface area contributed by atoms with E-state index in [0.717, 1.165) is 31.6 Å². The van der Waals surface area contributed by atoms with Gasteiger partial charge in [0.15, 0.2) is 5.65 Å². The molecule has 0 spiro atoms. The van der Waals surface area contributed by atoms with Gasteiger partial charge in [-0.1, -0.05) is 22.9 Å². The lowest BCUT2D eigenvalue weighted by Crippen LogP contribution is -2.38. The van der Waals surface area contributed by atoms with Crippen LogP contribution in [0.5, 0.6) is 0 Å². The average Bonchev–Trinajstić information content (AvgIpc) is 2.70. The van der Waals surface area contributed by atoms with Crippen LogP contribution in [0, 0.1) is 18.7 Å². The first-order valence-electron chi connectivity index (χ1n) is 9.70. The van der Waals surface area contributed by atoms with Crippen LogP contribution in [0.15, 0.2) is 41.0 Å². The molecule has 0 bridgehead atoms. The first kappa shape index (κ1) is 19.8. The molecule has 150 valence electrons. The molecule has 29 heavy (non-hydrogen) atoms. The molecule has 0 unspecified atom stereocenters. The maximum atomic E-state index is 14.5. The molecule has 2 aromatic heterocycles. The minimum absolute atomic E-state index is 0.0908. The summed E-state index contributed by atoms with van der Waals surface area (Å²) in [5, 5.41) is 3.82. The van der Waals surface area contributed by atoms with Gasteiger partial charge < -0.3 is 10.2 Å². The first-order chi connectivity index (χ1) is 13.9. The molecule has 1 fully saturated rings. The molecule has 1 N–H and O–H groups in total. The molecule has 3 aromatic rings. The summed E-state index contributed by atoms with van der Waals surface area (Å²) < 4.78 is 15.2. The Balaban J connectivity index is 1.80. The maximum absolute atomic E-state index is 14.5. The number of anilines is 2. The van der Waals surface area contributed by atoms with Crippen LogP contribution in [0.25, 0.3) is 11.0 Å². The molecule has 0 saturated carbocycles. The van der Waals surface area contributed by atoms with Crippen LogP contribution < -0.4 is 5.32 Å². The Morgan fingerprint density at radius 1 is 1.24 bits per heavy atom. The number of hydrogen-bond donors (Lipinski definition) is 1. The Morgan fingerprint density at radius 2 is 2.00 bits per heavy atom. The molecule has 1 aromatic carbocycles. The highest BCUT2D eigenvalue weighted by atomic mass is 79.9. The highest BCUT2D eigenvalue weighted by molar-refractivity contribution is 9.10. The Morgan fingerprint density at radius 3 is 2.72 bits per heavy atom. The van der Waals surface area contributed by atoms with Crippen molar-refractivity contribution in [3.8, 4) is 0 Å². The van der Waals surface area contributed by atoms with Crippen LogP contribution in [0.3, 0.4) is 0 Å². The van der Waals surface area contributed by atoms with Crippen molar-refractivity contribution >= 4 is 44.2 Å². The standard InChI is InChI=1S/C22H22BrFN4O/c1-13-7-9-28(10-8-13)22(29)17-12-25-21-16(5-3-14(2)26-21)20(17)27-19-6-4-15(23)11-18(19)24/h3-6,11-13H,7-10H2,1-2H3,(H,25,26,27). The third-order valence-electron chi connectivity index (χ3n) is 5.36. The summed E-state index contributed by atoms with van der Waals surface area (Å²) >= 11 is 3.28. The summed E-state index contributed by atoms with van der Waals surface area (Å²) in [6.07, 6.45) is 3.52. The predicted octanol–water partition coefficient (Wildman–Crippen LogP) is 5.46. The van der Waals surface area contributed by atoms with E-state index in [9.17, 15) is 9.18 Å². The molecular formula is C22H22BrFN4O. The number of carbonyl (C=O) groups is 1. The second-order valence-corrected chi connectivity index (χ2v) is 8.51. The Bertz CT molecular complexity index is 1080. The van der Waals surface area contributed by atoms with E-state index < -0.39 is 5.82 Å². The lowest BCUT2D eigenvalue weighted by molar-refractivity contribution is 0.0698. The summed E-state index contributed by atoms with van der Waals surface area (Å²) in [6, 6.07) is 8.53. The van der Waals surface area contributed by atoms with E-state index in [0.29, 0.717) is 38.4 Å². The molecule has 4 rings (SSSR count). The number of piperidine rings is 1. The van der Waals surface area contributed by atoms with Gasteiger partial charge in [0, 0.05) is 34.8 Å². The number of rotatable bonds is 3. The summed E-state index contributed by atoms with van der Waals surface area (Å²) in [5.41, 5.74) is 2.61. The van der Waals surface area contributed by atoms with Crippen LogP contribution in [0.2, 0.25) is 0 Å². The molecular weight excluding hydrogens is 435 g/mol. The Hall–Kier alpha value is -2.54. The number of amides is 1. The number of nitrogens with zero attached hydrogens (tertiary/aromatic N) is 3. The Labute approximate surface area is 177 Å². The minimum atomic E-state index is -0.408. The zero-order valence-electron chi connectivity index (χ0n) is 16.4. The number of benzene rings is 1. The molecule has 7 heteroatoms. The van der Waals surface area contributed by atoms with E-state index in [-0.39, 0.29) is 5.91 Å². The van der Waals surface area contributed by atoms with Gasteiger partial charge in [0.1, 0.15) is 5.82 Å². The number of likely N-dealkylation sites (tertiary alicyclic amines) is 1. The fraction of sp³-hybridized carbons (Fsp3) is 0.318. The monoisotopic (exact) mass is 456 g/mol. The highest BCUT2D eigenvalue weighted by Gasteiger charge is 2.25. The maximum Gasteiger partial charge on any atom is 0.257 e. The van der Waals surface area contributed by atoms with Crippen molar-refractivity contribution in [3.05, 3.63) is 58.1 Å². The number of pyridine rings is 2. The molecule has 5 nitrogen and oxygen atoms in total. The molecule has 0 radical (unpaired) electrons. The lowest BCUT2D eigenvalue weighted by atomic mass is 9.98. The number of aryl methyl sites for hydroxylation is 1. The van der Waals surface area contributed by atoms with Crippen molar-refractivity contribution in [1.29, 1.82) is 0 Å². The smallest absolute Gasteiger partial charge is 0.257 e. The number of aromatic nitrogens is 2. The number of carbonyl (C=O) groups excluding carboxylic acids is 1. The van der Waals surface area contributed by atoms with Crippen LogP contribution in [-0.2, 0) is 0 Å². The van der Waals surface area contributed by atoms with Gasteiger partial charge in [-0.15, -0.1) is 0 Å². The fourth-order valence-electron chi connectivity index (χ4n) is 3.58. The topological polar surface area (TPSA) is 58.1 Å². The third-order valence-corrected chi connectivity index (χ3v) is 5.85. The van der Waals surface area contributed by atoms with Crippen LogP contribution in [0.4, 0.5) is 15.8 Å². The first-order valence-corrected chi connectivity index (χ1v) is 10.5. The van der Waals surface area contributed by atoms with Gasteiger partial charge in [-0.25, -0.2) is 14.4 Å². The average molecular weight is 457 g/mol. The second-order valence-electron chi connectivity index (χ2n) is 7.59. The van der Waals surface area contributed by atoms with Gasteiger partial charge in [-0.3, -0.25) is 4.79 Å². The molecule has 1 amide bonds. The van der Waals surface area contributed by atoms with E-state index in [2.05, 4.69) is 38.1 Å². The lowest BCUT2D eigenvalue weighted by Gasteiger charge is -2.31. The molecule has 1 saturated heterocycles. The van der Waals surface area contributed by atoms with E-state index >= 15 is 0 Å². The normalized spacial score (nSPS) is 15.0. The molecule has 0 atom stereocenters. The van der Waals surface area contributed by atoms with Gasteiger partial charge >= 0.3 is 0 Å². The number of nitrogens with one attached hydrogen (secondary N) is 1. The van der Waals surface area contributed by atoms with Crippen molar-refractivity contribution in [2.45, 2.75) is 26.7 Å². The van der Waals surface area contributed by atoms with Crippen molar-refractivity contribution in [2.75, 3.05) is 18.4 Å². The summed E-state index contributed by atoms with van der Waals surface area (Å²) in [4.78, 5) is 24.0. The quantitative estimate of drug-likeness (QED) is 0.568. The number of halogens is 2. The van der Waals surface area contributed by atoms with E-state index in [1.54, 1.807) is 18.3 Å². The molecule has 3 heterocycles. The summed E-state index contributed by atoms with van der Waals surface area (Å²) in [7, 11) is 0. The van der Waals surface area contributed by atoms with E-state index in [1.165, 1.54) is 6.07 Å². The SMILES string of the molecule is Cc1ccc2c(Nc3ccc(Br)cc3F)c(C(=O)N3CCC(C)CC3)cnc2n1. The summed E-state index contributed by atoms with van der Waals surface area (Å²) in [6.45, 7) is 5.53. The van der Waals surface area contributed by atoms with E-state index in [4.69, 9.17) is 0 Å². The highest BCUT2D eigenvalue weighted by Crippen LogP contribution is 2.32. The van der Waals surface area contributed by atoms with Crippen molar-refractivity contribution in [1.82, 2.24) is 14.9 Å².